The Labute approximate surface area is 143 Å². The van der Waals surface area contributed by atoms with E-state index in [1.165, 1.54) is 0 Å². The van der Waals surface area contributed by atoms with Crippen LogP contribution in [0.3, 0.4) is 0 Å². The number of likely N-dealkylation sites (tertiary alicyclic amines) is 2. The number of aliphatic hydroxyl groups excluding tert-OH is 1. The summed E-state index contributed by atoms with van der Waals surface area (Å²) < 4.78 is 5.27. The highest BCUT2D eigenvalue weighted by Crippen LogP contribution is 2.22. The van der Waals surface area contributed by atoms with Crippen molar-refractivity contribution in [2.45, 2.75) is 45.2 Å². The molecule has 2 aliphatic rings. The Hall–Kier alpha value is -1.53. The first kappa shape index (κ1) is 17.3. The van der Waals surface area contributed by atoms with Crippen LogP contribution in [0.2, 0.25) is 0 Å². The van der Waals surface area contributed by atoms with E-state index in [-0.39, 0.29) is 6.03 Å². The zero-order valence-electron chi connectivity index (χ0n) is 14.5. The van der Waals surface area contributed by atoms with Crippen molar-refractivity contribution < 1.29 is 14.3 Å². The van der Waals surface area contributed by atoms with E-state index in [1.54, 1.807) is 6.26 Å². The lowest BCUT2D eigenvalue weighted by molar-refractivity contribution is 0.111. The van der Waals surface area contributed by atoms with Crippen LogP contribution in [-0.4, -0.2) is 59.8 Å². The average molecular weight is 335 g/mol. The number of nitrogens with zero attached hydrogens (tertiary/aromatic N) is 2. The van der Waals surface area contributed by atoms with E-state index in [4.69, 9.17) is 4.42 Å². The van der Waals surface area contributed by atoms with Crippen LogP contribution in [0, 0.1) is 12.8 Å². The van der Waals surface area contributed by atoms with Crippen molar-refractivity contribution in [2.75, 3.05) is 32.8 Å². The van der Waals surface area contributed by atoms with Gasteiger partial charge in [-0.3, -0.25) is 0 Å². The molecule has 3 rings (SSSR count). The maximum Gasteiger partial charge on any atom is 0.317 e. The number of urea groups is 1. The highest BCUT2D eigenvalue weighted by atomic mass is 16.3. The van der Waals surface area contributed by atoms with Crippen LogP contribution in [0.15, 0.2) is 16.7 Å². The normalized spacial score (nSPS) is 22.9. The third kappa shape index (κ3) is 4.11. The second kappa shape index (κ2) is 8.03. The summed E-state index contributed by atoms with van der Waals surface area (Å²) in [6.07, 6.45) is 5.95. The molecule has 1 aromatic heterocycles. The fourth-order valence-corrected chi connectivity index (χ4v) is 3.81. The van der Waals surface area contributed by atoms with Gasteiger partial charge in [0.25, 0.3) is 0 Å². The molecule has 2 saturated heterocycles. The Morgan fingerprint density at radius 1 is 1.33 bits per heavy atom. The molecule has 0 unspecified atom stereocenters. The minimum Gasteiger partial charge on any atom is -0.469 e. The molecule has 0 bridgehead atoms. The van der Waals surface area contributed by atoms with Gasteiger partial charge in [0, 0.05) is 37.8 Å². The van der Waals surface area contributed by atoms with Gasteiger partial charge in [0.05, 0.1) is 6.26 Å². The summed E-state index contributed by atoms with van der Waals surface area (Å²) in [5.74, 6) is 1.32. The second-order valence-corrected chi connectivity index (χ2v) is 7.08. The largest absolute Gasteiger partial charge is 0.469 e. The standard InChI is InChI=1S/C18H29N3O3/c1-14-16(6-10-24-14)11-19-18(23)21-7-2-3-17(21)12-20-8-4-15(13-22)5-9-20/h6,10,15,17,22H,2-5,7-9,11-13H2,1H3,(H,19,23)/t17-/m0/s1. The van der Waals surface area contributed by atoms with Crippen LogP contribution in [0.5, 0.6) is 0 Å². The Kier molecular flexibility index (Phi) is 5.79. The molecule has 2 fully saturated rings. The van der Waals surface area contributed by atoms with Crippen LogP contribution in [0.25, 0.3) is 0 Å². The van der Waals surface area contributed by atoms with E-state index >= 15 is 0 Å². The summed E-state index contributed by atoms with van der Waals surface area (Å²) in [4.78, 5) is 17.0. The van der Waals surface area contributed by atoms with E-state index in [2.05, 4.69) is 10.2 Å². The first-order valence-electron chi connectivity index (χ1n) is 9.08. The van der Waals surface area contributed by atoms with E-state index in [9.17, 15) is 9.90 Å². The minimum atomic E-state index is 0.0309. The van der Waals surface area contributed by atoms with Gasteiger partial charge in [-0.05, 0) is 57.7 Å². The second-order valence-electron chi connectivity index (χ2n) is 7.08. The Balaban J connectivity index is 1.48. The van der Waals surface area contributed by atoms with Crippen LogP contribution < -0.4 is 5.32 Å². The topological polar surface area (TPSA) is 69.0 Å². The fourth-order valence-electron chi connectivity index (χ4n) is 3.81. The number of hydrogen-bond donors (Lipinski definition) is 2. The molecular formula is C18H29N3O3. The minimum absolute atomic E-state index is 0.0309. The highest BCUT2D eigenvalue weighted by molar-refractivity contribution is 5.74. The zero-order chi connectivity index (χ0) is 16.9. The molecule has 0 spiro atoms. The molecule has 2 N–H and O–H groups in total. The third-order valence-electron chi connectivity index (χ3n) is 5.47. The lowest BCUT2D eigenvalue weighted by Crippen LogP contribution is -2.48. The monoisotopic (exact) mass is 335 g/mol. The van der Waals surface area contributed by atoms with Crippen molar-refractivity contribution in [2.24, 2.45) is 5.92 Å². The summed E-state index contributed by atoms with van der Waals surface area (Å²) in [5.41, 5.74) is 1.03. The smallest absolute Gasteiger partial charge is 0.317 e. The summed E-state index contributed by atoms with van der Waals surface area (Å²) in [6, 6.07) is 2.24. The van der Waals surface area contributed by atoms with Gasteiger partial charge in [-0.25, -0.2) is 4.79 Å². The third-order valence-corrected chi connectivity index (χ3v) is 5.47. The summed E-state index contributed by atoms with van der Waals surface area (Å²) in [7, 11) is 0. The highest BCUT2D eigenvalue weighted by Gasteiger charge is 2.31. The van der Waals surface area contributed by atoms with Crippen molar-refractivity contribution >= 4 is 6.03 Å². The number of nitrogens with one attached hydrogen (secondary N) is 1. The predicted octanol–water partition coefficient (Wildman–Crippen LogP) is 1.97. The predicted molar refractivity (Wildman–Crippen MR) is 91.7 cm³/mol. The molecule has 1 aromatic rings. The maximum absolute atomic E-state index is 12.5. The van der Waals surface area contributed by atoms with Crippen LogP contribution in [-0.2, 0) is 6.54 Å². The number of amides is 2. The van der Waals surface area contributed by atoms with Gasteiger partial charge in [0.1, 0.15) is 5.76 Å². The fraction of sp³-hybridized carbons (Fsp3) is 0.722. The van der Waals surface area contributed by atoms with Crippen molar-refractivity contribution in [3.8, 4) is 0 Å². The molecule has 134 valence electrons. The molecule has 6 nitrogen and oxygen atoms in total. The Bertz CT molecular complexity index is 537. The van der Waals surface area contributed by atoms with Gasteiger partial charge in [-0.15, -0.1) is 0 Å². The van der Waals surface area contributed by atoms with Gasteiger partial charge < -0.3 is 24.6 Å². The number of rotatable bonds is 5. The van der Waals surface area contributed by atoms with E-state index < -0.39 is 0 Å². The van der Waals surface area contributed by atoms with Crippen LogP contribution in [0.4, 0.5) is 4.79 Å². The molecule has 6 heteroatoms. The van der Waals surface area contributed by atoms with Gasteiger partial charge in [-0.2, -0.15) is 0 Å². The number of hydrogen-bond acceptors (Lipinski definition) is 4. The van der Waals surface area contributed by atoms with E-state index in [0.29, 0.717) is 25.1 Å². The molecule has 0 radical (unpaired) electrons. The summed E-state index contributed by atoms with van der Waals surface area (Å²) in [6.45, 7) is 6.60. The van der Waals surface area contributed by atoms with Crippen molar-refractivity contribution in [3.63, 3.8) is 0 Å². The average Bonchev–Trinajstić information content (AvgIpc) is 3.22. The lowest BCUT2D eigenvalue weighted by atomic mass is 9.97. The molecule has 2 amide bonds. The SMILES string of the molecule is Cc1occc1CNC(=O)N1CCC[C@H]1CN1CCC(CO)CC1. The van der Waals surface area contributed by atoms with Gasteiger partial charge in [0.15, 0.2) is 0 Å². The van der Waals surface area contributed by atoms with Gasteiger partial charge >= 0.3 is 6.03 Å². The van der Waals surface area contributed by atoms with E-state index in [1.807, 2.05) is 17.9 Å². The zero-order valence-corrected chi connectivity index (χ0v) is 14.5. The molecule has 2 aliphatic heterocycles. The number of carbonyl (C=O) groups excluding carboxylic acids is 1. The van der Waals surface area contributed by atoms with Gasteiger partial charge in [-0.1, -0.05) is 0 Å². The molecule has 0 saturated carbocycles. The molecule has 0 aromatic carbocycles. The summed E-state index contributed by atoms with van der Waals surface area (Å²) >= 11 is 0. The lowest BCUT2D eigenvalue weighted by Gasteiger charge is -2.35. The van der Waals surface area contributed by atoms with Crippen molar-refractivity contribution in [1.82, 2.24) is 15.1 Å². The number of piperidine rings is 1. The Morgan fingerprint density at radius 3 is 2.79 bits per heavy atom. The molecule has 0 aliphatic carbocycles. The van der Waals surface area contributed by atoms with Crippen LogP contribution in [0.1, 0.15) is 37.0 Å². The van der Waals surface area contributed by atoms with E-state index in [0.717, 1.165) is 63.2 Å². The quantitative estimate of drug-likeness (QED) is 0.863. The van der Waals surface area contributed by atoms with Crippen molar-refractivity contribution in [1.29, 1.82) is 0 Å². The molecular weight excluding hydrogens is 306 g/mol. The molecule has 1 atom stereocenters. The van der Waals surface area contributed by atoms with Crippen LogP contribution >= 0.6 is 0 Å². The maximum atomic E-state index is 12.5. The van der Waals surface area contributed by atoms with Gasteiger partial charge in [0.2, 0.25) is 0 Å². The Morgan fingerprint density at radius 2 is 2.12 bits per heavy atom. The number of aryl methyl sites for hydroxylation is 1. The van der Waals surface area contributed by atoms with Crippen molar-refractivity contribution in [3.05, 3.63) is 23.7 Å². The first-order valence-corrected chi connectivity index (χ1v) is 9.08. The number of furan rings is 1. The number of carbonyl (C=O) groups is 1. The number of aliphatic hydroxyl groups is 1. The molecule has 24 heavy (non-hydrogen) atoms. The summed E-state index contributed by atoms with van der Waals surface area (Å²) in [5, 5.41) is 12.3. The first-order chi connectivity index (χ1) is 11.7. The molecule has 3 heterocycles.